The smallest absolute Gasteiger partial charge is 0.193 e. The molecule has 2 nitrogen and oxygen atoms in total. The molecule has 14 heavy (non-hydrogen) atoms. The Kier molecular flexibility index (Phi) is 2.68. The fourth-order valence-electron chi connectivity index (χ4n) is 1.27. The van der Waals surface area contributed by atoms with Crippen LogP contribution in [-0.4, -0.2) is 12.5 Å². The second-order valence-electron chi connectivity index (χ2n) is 3.16. The SMILES string of the molecule is C=C1COC(Cc2ccc(Br)cc2)=N1. The fourth-order valence-corrected chi connectivity index (χ4v) is 1.54. The van der Waals surface area contributed by atoms with Gasteiger partial charge in [-0.05, 0) is 17.7 Å². The summed E-state index contributed by atoms with van der Waals surface area (Å²) >= 11 is 3.39. The minimum Gasteiger partial charge on any atom is -0.474 e. The maximum atomic E-state index is 5.34. The van der Waals surface area contributed by atoms with Gasteiger partial charge in [-0.1, -0.05) is 34.6 Å². The molecule has 0 aliphatic carbocycles. The van der Waals surface area contributed by atoms with Gasteiger partial charge in [0.05, 0.1) is 5.70 Å². The molecule has 1 aromatic rings. The van der Waals surface area contributed by atoms with Crippen LogP contribution in [0.5, 0.6) is 0 Å². The van der Waals surface area contributed by atoms with E-state index in [2.05, 4.69) is 39.6 Å². The summed E-state index contributed by atoms with van der Waals surface area (Å²) in [6.07, 6.45) is 0.742. The van der Waals surface area contributed by atoms with Gasteiger partial charge in [-0.2, -0.15) is 0 Å². The Hall–Kier alpha value is -1.09. The Labute approximate surface area is 91.4 Å². The first-order valence-corrected chi connectivity index (χ1v) is 5.16. The molecule has 1 aliphatic rings. The molecule has 0 atom stereocenters. The molecule has 0 saturated carbocycles. The van der Waals surface area contributed by atoms with Gasteiger partial charge in [-0.15, -0.1) is 0 Å². The molecule has 0 aromatic heterocycles. The molecule has 2 rings (SSSR count). The second-order valence-corrected chi connectivity index (χ2v) is 4.08. The minimum atomic E-state index is 0.534. The lowest BCUT2D eigenvalue weighted by molar-refractivity contribution is 0.356. The summed E-state index contributed by atoms with van der Waals surface area (Å²) in [6, 6.07) is 8.13. The molecule has 72 valence electrons. The average Bonchev–Trinajstić information content (AvgIpc) is 2.56. The van der Waals surface area contributed by atoms with Crippen molar-refractivity contribution in [2.45, 2.75) is 6.42 Å². The van der Waals surface area contributed by atoms with Crippen molar-refractivity contribution in [3.8, 4) is 0 Å². The Bertz CT molecular complexity index is 381. The van der Waals surface area contributed by atoms with E-state index in [1.165, 1.54) is 5.56 Å². The van der Waals surface area contributed by atoms with Crippen molar-refractivity contribution >= 4 is 21.8 Å². The maximum absolute atomic E-state index is 5.34. The monoisotopic (exact) mass is 251 g/mol. The largest absolute Gasteiger partial charge is 0.474 e. The van der Waals surface area contributed by atoms with Crippen molar-refractivity contribution in [3.63, 3.8) is 0 Å². The highest BCUT2D eigenvalue weighted by Gasteiger charge is 2.10. The van der Waals surface area contributed by atoms with Gasteiger partial charge in [0.2, 0.25) is 0 Å². The van der Waals surface area contributed by atoms with E-state index in [1.807, 2.05) is 12.1 Å². The summed E-state index contributed by atoms with van der Waals surface area (Å²) < 4.78 is 6.42. The van der Waals surface area contributed by atoms with E-state index < -0.39 is 0 Å². The zero-order chi connectivity index (χ0) is 9.97. The summed E-state index contributed by atoms with van der Waals surface area (Å²) in [5, 5.41) is 0. The third-order valence-corrected chi connectivity index (χ3v) is 2.49. The number of nitrogens with zero attached hydrogens (tertiary/aromatic N) is 1. The van der Waals surface area contributed by atoms with Crippen molar-refractivity contribution in [1.29, 1.82) is 0 Å². The molecule has 3 heteroatoms. The third-order valence-electron chi connectivity index (χ3n) is 1.96. The van der Waals surface area contributed by atoms with Crippen molar-refractivity contribution in [2.75, 3.05) is 6.61 Å². The molecular formula is C11H10BrNO. The third kappa shape index (κ3) is 2.23. The molecule has 0 unspecified atom stereocenters. The average molecular weight is 252 g/mol. The first kappa shape index (κ1) is 9.46. The molecule has 0 fully saturated rings. The second kappa shape index (κ2) is 3.96. The van der Waals surface area contributed by atoms with E-state index in [0.29, 0.717) is 6.61 Å². The zero-order valence-electron chi connectivity index (χ0n) is 7.66. The maximum Gasteiger partial charge on any atom is 0.193 e. The van der Waals surface area contributed by atoms with Crippen molar-refractivity contribution in [1.82, 2.24) is 0 Å². The number of hydrogen-bond acceptors (Lipinski definition) is 2. The van der Waals surface area contributed by atoms with Crippen LogP contribution < -0.4 is 0 Å². The number of ether oxygens (including phenoxy) is 1. The predicted octanol–water partition coefficient (Wildman–Crippen LogP) is 2.93. The summed E-state index contributed by atoms with van der Waals surface area (Å²) in [5.74, 6) is 0.761. The van der Waals surface area contributed by atoms with Crippen molar-refractivity contribution in [2.24, 2.45) is 4.99 Å². The van der Waals surface area contributed by atoms with Gasteiger partial charge >= 0.3 is 0 Å². The molecule has 0 amide bonds. The summed E-state index contributed by atoms with van der Waals surface area (Å²) in [5.41, 5.74) is 2.00. The van der Waals surface area contributed by atoms with E-state index in [0.717, 1.165) is 22.5 Å². The van der Waals surface area contributed by atoms with Crippen LogP contribution in [0.25, 0.3) is 0 Å². The predicted molar refractivity (Wildman–Crippen MR) is 60.4 cm³/mol. The first-order valence-electron chi connectivity index (χ1n) is 4.36. The van der Waals surface area contributed by atoms with Crippen LogP contribution in [0.4, 0.5) is 0 Å². The van der Waals surface area contributed by atoms with Crippen LogP contribution in [0.15, 0.2) is 46.0 Å². The lowest BCUT2D eigenvalue weighted by Gasteiger charge is -2.01. The van der Waals surface area contributed by atoms with Crippen LogP contribution in [0, 0.1) is 0 Å². The fraction of sp³-hybridized carbons (Fsp3) is 0.182. The molecule has 0 saturated heterocycles. The van der Waals surface area contributed by atoms with Gasteiger partial charge in [0.15, 0.2) is 5.90 Å². The highest BCUT2D eigenvalue weighted by atomic mass is 79.9. The summed E-state index contributed by atoms with van der Waals surface area (Å²) in [7, 11) is 0. The molecule has 0 bridgehead atoms. The molecule has 1 aliphatic heterocycles. The van der Waals surface area contributed by atoms with Crippen LogP contribution in [-0.2, 0) is 11.2 Å². The van der Waals surface area contributed by atoms with Gasteiger partial charge in [0.1, 0.15) is 6.61 Å². The minimum absolute atomic E-state index is 0.534. The Morgan fingerprint density at radius 3 is 2.64 bits per heavy atom. The normalized spacial score (nSPS) is 15.2. The summed E-state index contributed by atoms with van der Waals surface area (Å²) in [4.78, 5) is 4.19. The topological polar surface area (TPSA) is 21.6 Å². The van der Waals surface area contributed by atoms with Crippen LogP contribution in [0.3, 0.4) is 0 Å². The Morgan fingerprint density at radius 2 is 2.07 bits per heavy atom. The Balaban J connectivity index is 2.08. The molecule has 0 radical (unpaired) electrons. The number of halogens is 1. The zero-order valence-corrected chi connectivity index (χ0v) is 9.25. The van der Waals surface area contributed by atoms with Gasteiger partial charge < -0.3 is 4.74 Å². The Morgan fingerprint density at radius 1 is 1.36 bits per heavy atom. The van der Waals surface area contributed by atoms with E-state index >= 15 is 0 Å². The van der Waals surface area contributed by atoms with Crippen LogP contribution in [0.2, 0.25) is 0 Å². The van der Waals surface area contributed by atoms with Gasteiger partial charge in [0.25, 0.3) is 0 Å². The number of benzene rings is 1. The molecule has 0 spiro atoms. The number of aliphatic imine (C=N–C) groups is 1. The lowest BCUT2D eigenvalue weighted by atomic mass is 10.1. The number of hydrogen-bond donors (Lipinski definition) is 0. The number of rotatable bonds is 2. The highest BCUT2D eigenvalue weighted by Crippen LogP contribution is 2.14. The molecular weight excluding hydrogens is 242 g/mol. The van der Waals surface area contributed by atoms with Gasteiger partial charge in [0, 0.05) is 10.9 Å². The highest BCUT2D eigenvalue weighted by molar-refractivity contribution is 9.10. The van der Waals surface area contributed by atoms with Crippen molar-refractivity contribution in [3.05, 3.63) is 46.6 Å². The first-order chi connectivity index (χ1) is 6.74. The molecule has 1 heterocycles. The van der Waals surface area contributed by atoms with Gasteiger partial charge in [-0.3, -0.25) is 0 Å². The molecule has 1 aromatic carbocycles. The van der Waals surface area contributed by atoms with Crippen molar-refractivity contribution < 1.29 is 4.74 Å². The van der Waals surface area contributed by atoms with E-state index in [1.54, 1.807) is 0 Å². The summed E-state index contributed by atoms with van der Waals surface area (Å²) in [6.45, 7) is 4.27. The van der Waals surface area contributed by atoms with Crippen LogP contribution >= 0.6 is 15.9 Å². The van der Waals surface area contributed by atoms with Crippen LogP contribution in [0.1, 0.15) is 5.56 Å². The van der Waals surface area contributed by atoms with Gasteiger partial charge in [-0.25, -0.2) is 4.99 Å². The lowest BCUT2D eigenvalue weighted by Crippen LogP contribution is -2.02. The standard InChI is InChI=1S/C11H10BrNO/c1-8-7-14-11(13-8)6-9-2-4-10(12)5-3-9/h2-5H,1,6-7H2. The van der Waals surface area contributed by atoms with E-state index in [-0.39, 0.29) is 0 Å². The van der Waals surface area contributed by atoms with E-state index in [9.17, 15) is 0 Å². The molecule has 0 N–H and O–H groups in total. The van der Waals surface area contributed by atoms with E-state index in [4.69, 9.17) is 4.74 Å². The quantitative estimate of drug-likeness (QED) is 0.792.